The molecule has 7 fully saturated rings. The zero-order chi connectivity index (χ0) is 61.2. The molecule has 7 saturated heterocycles. The molecule has 37 heteroatoms. The second-order valence-corrected chi connectivity index (χ2v) is 21.0. The van der Waals surface area contributed by atoms with E-state index in [-0.39, 0.29) is 0 Å². The summed E-state index contributed by atoms with van der Waals surface area (Å²) in [4.78, 5) is 25.8. The lowest BCUT2D eigenvalue weighted by Gasteiger charge is -2.52. The van der Waals surface area contributed by atoms with E-state index in [1.807, 2.05) is 0 Å². The molecule has 0 aromatic heterocycles. The van der Waals surface area contributed by atoms with Crippen LogP contribution in [-0.2, 0) is 71.2 Å². The van der Waals surface area contributed by atoms with Gasteiger partial charge in [-0.2, -0.15) is 0 Å². The quantitative estimate of drug-likeness (QED) is 0.0538. The molecule has 7 aliphatic heterocycles. The minimum Gasteiger partial charge on any atom is -0.394 e. The van der Waals surface area contributed by atoms with E-state index in [0.717, 1.165) is 13.8 Å². The fourth-order valence-electron chi connectivity index (χ4n) is 10.7. The van der Waals surface area contributed by atoms with Gasteiger partial charge in [0.25, 0.3) is 0 Å². The lowest BCUT2D eigenvalue weighted by molar-refractivity contribution is -0.396. The average molecular weight is 1220 g/mol. The van der Waals surface area contributed by atoms with Crippen LogP contribution in [0.1, 0.15) is 20.8 Å². The van der Waals surface area contributed by atoms with E-state index < -0.39 is 266 Å². The first kappa shape index (κ1) is 68.1. The zero-order valence-electron chi connectivity index (χ0n) is 44.5. The van der Waals surface area contributed by atoms with Gasteiger partial charge in [0.1, 0.15) is 165 Å². The Balaban J connectivity index is 1.20. The van der Waals surface area contributed by atoms with Crippen molar-refractivity contribution in [3.63, 3.8) is 0 Å². The summed E-state index contributed by atoms with van der Waals surface area (Å²) in [6, 6.07) is -3.71. The van der Waals surface area contributed by atoms with Crippen molar-refractivity contribution < 1.29 is 173 Å². The maximum atomic E-state index is 13.2. The van der Waals surface area contributed by atoms with Gasteiger partial charge in [-0.05, 0) is 6.92 Å². The smallest absolute Gasteiger partial charge is 0.217 e. The highest BCUT2D eigenvalue weighted by Crippen LogP contribution is 2.39. The third kappa shape index (κ3) is 14.5. The van der Waals surface area contributed by atoms with Gasteiger partial charge >= 0.3 is 0 Å². The summed E-state index contributed by atoms with van der Waals surface area (Å²) < 4.78 is 75.7. The van der Waals surface area contributed by atoms with Crippen LogP contribution < -0.4 is 10.6 Å². The van der Waals surface area contributed by atoms with Crippen LogP contribution in [0, 0.1) is 0 Å². The number of hydrogen-bond acceptors (Lipinski definition) is 35. The molecule has 0 bridgehead atoms. The molecule has 7 heterocycles. The largest absolute Gasteiger partial charge is 0.394 e. The Morgan fingerprint density at radius 3 is 1.12 bits per heavy atom. The van der Waals surface area contributed by atoms with Crippen LogP contribution in [0.2, 0.25) is 0 Å². The van der Waals surface area contributed by atoms with Gasteiger partial charge in [-0.3, -0.25) is 9.59 Å². The van der Waals surface area contributed by atoms with Gasteiger partial charge in [-0.15, -0.1) is 0 Å². The van der Waals surface area contributed by atoms with Gasteiger partial charge in [0.15, 0.2) is 44.0 Å². The summed E-state index contributed by atoms with van der Waals surface area (Å²) in [5.74, 6) is -1.80. The van der Waals surface area contributed by atoms with E-state index in [2.05, 4.69) is 10.6 Å². The first-order valence-electron chi connectivity index (χ1n) is 26.5. The third-order valence-corrected chi connectivity index (χ3v) is 15.3. The van der Waals surface area contributed by atoms with Crippen molar-refractivity contribution in [2.45, 2.75) is 236 Å². The van der Waals surface area contributed by atoms with Crippen LogP contribution in [0.15, 0.2) is 0 Å². The summed E-state index contributed by atoms with van der Waals surface area (Å²) in [6.45, 7) is -2.93. The lowest BCUT2D eigenvalue weighted by Crippen LogP contribution is -2.71. The molecule has 0 unspecified atom stereocenters. The highest BCUT2D eigenvalue weighted by atomic mass is 16.8. The summed E-state index contributed by atoms with van der Waals surface area (Å²) in [5, 5.41) is 221. The molecule has 482 valence electrons. The van der Waals surface area contributed by atoms with Crippen molar-refractivity contribution in [3.05, 3.63) is 0 Å². The van der Waals surface area contributed by atoms with Gasteiger partial charge in [-0.25, -0.2) is 0 Å². The van der Waals surface area contributed by atoms with Crippen LogP contribution in [0.4, 0.5) is 0 Å². The van der Waals surface area contributed by atoms with E-state index in [4.69, 9.17) is 61.6 Å². The molecular weight excluding hydrogens is 1140 g/mol. The topological polar surface area (TPSA) is 583 Å². The number of rotatable bonds is 20. The van der Waals surface area contributed by atoms with Gasteiger partial charge in [0, 0.05) is 13.8 Å². The van der Waals surface area contributed by atoms with Crippen LogP contribution in [0.3, 0.4) is 0 Å². The number of amides is 2. The first-order valence-corrected chi connectivity index (χ1v) is 26.5. The molecule has 0 aromatic carbocycles. The third-order valence-electron chi connectivity index (χ3n) is 15.3. The van der Waals surface area contributed by atoms with Crippen LogP contribution in [0.5, 0.6) is 0 Å². The molecule has 0 spiro atoms. The van der Waals surface area contributed by atoms with Crippen molar-refractivity contribution in [1.29, 1.82) is 0 Å². The predicted octanol–water partition coefficient (Wildman–Crippen LogP) is -15.0. The lowest BCUT2D eigenvalue weighted by atomic mass is 9.93. The monoisotopic (exact) mass is 1220 g/mol. The Labute approximate surface area is 470 Å². The summed E-state index contributed by atoms with van der Waals surface area (Å²) in [6.07, 6.45) is -64.1. The molecule has 37 nitrogen and oxygen atoms in total. The van der Waals surface area contributed by atoms with Crippen molar-refractivity contribution in [2.75, 3.05) is 39.6 Å². The number of carbonyl (C=O) groups is 2. The molecule has 83 heavy (non-hydrogen) atoms. The van der Waals surface area contributed by atoms with Crippen LogP contribution >= 0.6 is 0 Å². The highest BCUT2D eigenvalue weighted by molar-refractivity contribution is 5.73. The molecule has 7 rings (SSSR count). The minimum atomic E-state index is -2.33. The SMILES string of the molecule is CC(=O)N[C@H]1[C@H](O[C@H]2[C@@H](O)[C@@H](CO)O[C@@H](O[C@H]3[C@H](O[C@@H]4O[C@@H](C)[C@@H](O)[C@@H](O)[C@@H]4O)[C@@H](NC(C)=O)[C@H](O[C@H]4[C@@H](O)[C@@H](CO)O[C@@H](O[C@H]5[C@H](O)[C@@H](O)[C@H](O)O[C@@H]5CO)[C@@H]4O)O[C@@H]3CO)[C@@H]2O)O[C@H](CO)[C@@H](O[C@@H]2O[C@H](CO)[C@H](O)[C@H](O)[C@H]2O)[C@@H]1O. The predicted molar refractivity (Wildman–Crippen MR) is 254 cm³/mol. The normalized spacial score (nSPS) is 50.8. The summed E-state index contributed by atoms with van der Waals surface area (Å²) in [7, 11) is 0. The Morgan fingerprint density at radius 1 is 0.313 bits per heavy atom. The Kier molecular flexibility index (Phi) is 24.0. The summed E-state index contributed by atoms with van der Waals surface area (Å²) >= 11 is 0. The van der Waals surface area contributed by atoms with Gasteiger partial charge in [0.05, 0.1) is 45.7 Å². The maximum Gasteiger partial charge on any atom is 0.217 e. The Bertz CT molecular complexity index is 2040. The molecule has 0 aliphatic carbocycles. The van der Waals surface area contributed by atoms with Crippen LogP contribution in [0.25, 0.3) is 0 Å². The maximum absolute atomic E-state index is 13.2. The van der Waals surface area contributed by atoms with E-state index in [1.54, 1.807) is 0 Å². The van der Waals surface area contributed by atoms with E-state index in [1.165, 1.54) is 6.92 Å². The number of nitrogens with one attached hydrogen (secondary N) is 2. The van der Waals surface area contributed by atoms with Crippen molar-refractivity contribution >= 4 is 11.8 Å². The number of aliphatic hydroxyl groups is 20. The number of ether oxygens (including phenoxy) is 13. The zero-order valence-corrected chi connectivity index (χ0v) is 44.5. The Morgan fingerprint density at radius 2 is 0.651 bits per heavy atom. The number of aliphatic hydroxyl groups excluding tert-OH is 20. The second-order valence-electron chi connectivity index (χ2n) is 21.0. The molecule has 0 radical (unpaired) electrons. The number of hydrogen-bond donors (Lipinski definition) is 22. The molecule has 35 atom stereocenters. The van der Waals surface area contributed by atoms with Gasteiger partial charge in [-0.1, -0.05) is 0 Å². The van der Waals surface area contributed by atoms with Crippen molar-refractivity contribution in [2.24, 2.45) is 0 Å². The minimum absolute atomic E-state index is 0.865. The molecule has 7 aliphatic rings. The fraction of sp³-hybridized carbons (Fsp3) is 0.957. The molecular formula is C46H78N2O35. The summed E-state index contributed by atoms with van der Waals surface area (Å²) in [5.41, 5.74) is 0. The molecule has 0 aromatic rings. The number of carbonyl (C=O) groups excluding carboxylic acids is 2. The van der Waals surface area contributed by atoms with Gasteiger partial charge < -0.3 is 174 Å². The molecule has 2 amide bonds. The average Bonchev–Trinajstić information content (AvgIpc) is 3.31. The van der Waals surface area contributed by atoms with Crippen molar-refractivity contribution in [3.8, 4) is 0 Å². The first-order chi connectivity index (χ1) is 39.2. The fourth-order valence-corrected chi connectivity index (χ4v) is 10.7. The van der Waals surface area contributed by atoms with E-state index in [0.29, 0.717) is 0 Å². The van der Waals surface area contributed by atoms with Crippen molar-refractivity contribution in [1.82, 2.24) is 10.6 Å². The van der Waals surface area contributed by atoms with E-state index >= 15 is 0 Å². The van der Waals surface area contributed by atoms with Gasteiger partial charge in [0.2, 0.25) is 11.8 Å². The second kappa shape index (κ2) is 29.3. The standard InChI is InChI=1S/C46H78N2O35/c1-10-21(57)26(62)30(66)43(71-10)81-37-20(48-12(3)56)42(83-39-24(60)14(5-50)74-45(32(39)68)79-35-16(7-52)72-40(70)29(65)28(35)64)77-18(9-54)36(37)80-46-33(69)38(23(59)15(6-51)75-46)82-41-19(47-11(2)55)25(61)34(17(8-53)76-41)78-44-31(67)27(63)22(58)13(4-49)73-44/h10,13-46,49-54,57-70H,4-9H2,1-3H3,(H,47,55)(H,48,56)/t10-,13+,14+,15+,16+,17+,18+,19+,20+,21+,22-,23-,24-,25+,26+,27-,28+,29+,30-,31+,32+,33+,34+,35+,36+,37+,38-,39-,40+,41-,42-,43-,44-,45-,46-/m0/s1. The molecule has 22 N–H and O–H groups in total. The Hall–Kier alpha value is -2.38. The van der Waals surface area contributed by atoms with Crippen LogP contribution in [-0.4, -0.2) is 368 Å². The van der Waals surface area contributed by atoms with E-state index in [9.17, 15) is 112 Å². The highest BCUT2D eigenvalue weighted by Gasteiger charge is 2.60. The molecule has 0 saturated carbocycles.